The van der Waals surface area contributed by atoms with Gasteiger partial charge in [-0.15, -0.1) is 0 Å². The molecule has 0 radical (unpaired) electrons. The second kappa shape index (κ2) is 3.74. The lowest BCUT2D eigenvalue weighted by Crippen LogP contribution is -2.20. The summed E-state index contributed by atoms with van der Waals surface area (Å²) >= 11 is 6.11. The van der Waals surface area contributed by atoms with E-state index in [0.29, 0.717) is 23.6 Å². The van der Waals surface area contributed by atoms with Crippen molar-refractivity contribution in [2.24, 2.45) is 0 Å². The van der Waals surface area contributed by atoms with Crippen LogP contribution < -0.4 is 10.1 Å². The number of hydrogen-bond donors (Lipinski definition) is 1. The molecule has 3 nitrogen and oxygen atoms in total. The number of rotatable bonds is 1. The van der Waals surface area contributed by atoms with E-state index in [1.807, 2.05) is 6.92 Å². The summed E-state index contributed by atoms with van der Waals surface area (Å²) in [6.07, 6.45) is 1.20. The molecule has 0 saturated heterocycles. The number of carbonyl (C=O) groups excluding carboxylic acids is 1. The largest absolute Gasteiger partial charge is 0.496 e. The molecule has 1 amide bonds. The number of carbonyl (C=O) groups is 1. The van der Waals surface area contributed by atoms with Gasteiger partial charge in [-0.1, -0.05) is 11.6 Å². The molecular weight excluding hydrogens is 214 g/mol. The third-order valence-electron chi connectivity index (χ3n) is 2.68. The fourth-order valence-corrected chi connectivity index (χ4v) is 2.13. The molecule has 1 heterocycles. The second-order valence-corrected chi connectivity index (χ2v) is 3.99. The zero-order chi connectivity index (χ0) is 11.0. The molecule has 0 aliphatic carbocycles. The number of ether oxygens (including phenoxy) is 1. The maximum Gasteiger partial charge on any atom is 0.224 e. The van der Waals surface area contributed by atoms with Crippen LogP contribution in [0.25, 0.3) is 0 Å². The SMILES string of the molecule is COc1cc(Cl)c2c(c1C)NC(=O)CC2. The Morgan fingerprint density at radius 1 is 1.47 bits per heavy atom. The molecule has 4 heteroatoms. The van der Waals surface area contributed by atoms with Crippen molar-refractivity contribution in [2.45, 2.75) is 19.8 Å². The first-order valence-corrected chi connectivity index (χ1v) is 5.17. The van der Waals surface area contributed by atoms with E-state index in [1.54, 1.807) is 13.2 Å². The lowest BCUT2D eigenvalue weighted by molar-refractivity contribution is -0.116. The predicted molar refractivity (Wildman–Crippen MR) is 59.7 cm³/mol. The number of amides is 1. The minimum absolute atomic E-state index is 0.0370. The normalized spacial score (nSPS) is 14.5. The van der Waals surface area contributed by atoms with Gasteiger partial charge in [0.1, 0.15) is 5.75 Å². The number of halogens is 1. The quantitative estimate of drug-likeness (QED) is 0.798. The predicted octanol–water partition coefficient (Wildman–Crippen LogP) is 2.54. The van der Waals surface area contributed by atoms with Crippen LogP contribution in [0.5, 0.6) is 5.75 Å². The number of hydrogen-bond acceptors (Lipinski definition) is 2. The first-order chi connectivity index (χ1) is 7.13. The number of benzene rings is 1. The molecule has 1 aromatic carbocycles. The van der Waals surface area contributed by atoms with Gasteiger partial charge in [0.2, 0.25) is 5.91 Å². The summed E-state index contributed by atoms with van der Waals surface area (Å²) in [5.74, 6) is 0.746. The van der Waals surface area contributed by atoms with E-state index in [2.05, 4.69) is 5.32 Å². The summed E-state index contributed by atoms with van der Waals surface area (Å²) in [5, 5.41) is 3.50. The molecule has 0 spiro atoms. The molecule has 0 aromatic heterocycles. The molecule has 15 heavy (non-hydrogen) atoms. The smallest absolute Gasteiger partial charge is 0.224 e. The van der Waals surface area contributed by atoms with Crippen molar-refractivity contribution >= 4 is 23.2 Å². The molecule has 2 rings (SSSR count). The maximum absolute atomic E-state index is 11.3. The molecule has 1 aromatic rings. The van der Waals surface area contributed by atoms with Gasteiger partial charge in [0.15, 0.2) is 0 Å². The van der Waals surface area contributed by atoms with E-state index in [9.17, 15) is 4.79 Å². The highest BCUT2D eigenvalue weighted by molar-refractivity contribution is 6.32. The van der Waals surface area contributed by atoms with E-state index in [0.717, 1.165) is 16.8 Å². The molecule has 0 atom stereocenters. The topological polar surface area (TPSA) is 38.3 Å². The van der Waals surface area contributed by atoms with Crippen molar-refractivity contribution in [1.82, 2.24) is 0 Å². The Kier molecular flexibility index (Phi) is 2.57. The Hall–Kier alpha value is -1.22. The Labute approximate surface area is 93.4 Å². The summed E-state index contributed by atoms with van der Waals surface area (Å²) in [6.45, 7) is 1.92. The summed E-state index contributed by atoms with van der Waals surface area (Å²) < 4.78 is 5.19. The van der Waals surface area contributed by atoms with E-state index in [4.69, 9.17) is 16.3 Å². The monoisotopic (exact) mass is 225 g/mol. The highest BCUT2D eigenvalue weighted by atomic mass is 35.5. The molecule has 1 N–H and O–H groups in total. The van der Waals surface area contributed by atoms with Crippen molar-refractivity contribution in [2.75, 3.05) is 12.4 Å². The molecular formula is C11H12ClNO2. The van der Waals surface area contributed by atoms with Gasteiger partial charge in [0.25, 0.3) is 0 Å². The average Bonchev–Trinajstić information content (AvgIpc) is 2.23. The molecule has 80 valence electrons. The first kappa shape index (κ1) is 10.3. The zero-order valence-corrected chi connectivity index (χ0v) is 9.44. The first-order valence-electron chi connectivity index (χ1n) is 4.79. The van der Waals surface area contributed by atoms with Crippen LogP contribution in [0.2, 0.25) is 5.02 Å². The van der Waals surface area contributed by atoms with E-state index < -0.39 is 0 Å². The van der Waals surface area contributed by atoms with E-state index in [-0.39, 0.29) is 5.91 Å². The molecule has 1 aliphatic rings. The van der Waals surface area contributed by atoms with Crippen molar-refractivity contribution < 1.29 is 9.53 Å². The van der Waals surface area contributed by atoms with Gasteiger partial charge < -0.3 is 10.1 Å². The maximum atomic E-state index is 11.3. The van der Waals surface area contributed by atoms with Gasteiger partial charge in [0, 0.05) is 17.0 Å². The third-order valence-corrected chi connectivity index (χ3v) is 3.02. The lowest BCUT2D eigenvalue weighted by Gasteiger charge is -2.21. The number of nitrogens with one attached hydrogen (secondary N) is 1. The zero-order valence-electron chi connectivity index (χ0n) is 8.69. The van der Waals surface area contributed by atoms with Gasteiger partial charge in [-0.2, -0.15) is 0 Å². The van der Waals surface area contributed by atoms with Gasteiger partial charge in [-0.25, -0.2) is 0 Å². The van der Waals surface area contributed by atoms with Crippen LogP contribution in [0.15, 0.2) is 6.07 Å². The van der Waals surface area contributed by atoms with Crippen LogP contribution >= 0.6 is 11.6 Å². The summed E-state index contributed by atoms with van der Waals surface area (Å²) in [6, 6.07) is 1.80. The Morgan fingerprint density at radius 2 is 2.20 bits per heavy atom. The van der Waals surface area contributed by atoms with Gasteiger partial charge >= 0.3 is 0 Å². The minimum atomic E-state index is 0.0370. The fourth-order valence-electron chi connectivity index (χ4n) is 1.85. The van der Waals surface area contributed by atoms with Crippen molar-refractivity contribution in [3.05, 3.63) is 22.2 Å². The Balaban J connectivity index is 2.60. The second-order valence-electron chi connectivity index (χ2n) is 3.59. The summed E-state index contributed by atoms with van der Waals surface area (Å²) in [4.78, 5) is 11.3. The van der Waals surface area contributed by atoms with Crippen LogP contribution in [-0.2, 0) is 11.2 Å². The molecule has 0 fully saturated rings. The highest BCUT2D eigenvalue weighted by Gasteiger charge is 2.21. The third kappa shape index (κ3) is 1.67. The van der Waals surface area contributed by atoms with Crippen LogP contribution in [0.1, 0.15) is 17.5 Å². The van der Waals surface area contributed by atoms with Gasteiger partial charge in [-0.05, 0) is 25.0 Å². The van der Waals surface area contributed by atoms with Gasteiger partial charge in [0.05, 0.1) is 12.8 Å². The number of anilines is 1. The molecule has 1 aliphatic heterocycles. The van der Waals surface area contributed by atoms with Crippen LogP contribution in [0, 0.1) is 6.92 Å². The van der Waals surface area contributed by atoms with E-state index >= 15 is 0 Å². The average molecular weight is 226 g/mol. The van der Waals surface area contributed by atoms with Crippen LogP contribution in [0.3, 0.4) is 0 Å². The fraction of sp³-hybridized carbons (Fsp3) is 0.364. The summed E-state index contributed by atoms with van der Waals surface area (Å²) in [7, 11) is 1.59. The van der Waals surface area contributed by atoms with Crippen molar-refractivity contribution in [1.29, 1.82) is 0 Å². The molecule has 0 bridgehead atoms. The van der Waals surface area contributed by atoms with Crippen molar-refractivity contribution in [3.63, 3.8) is 0 Å². The summed E-state index contributed by atoms with van der Waals surface area (Å²) in [5.41, 5.74) is 2.76. The number of fused-ring (bicyclic) bond motifs is 1. The minimum Gasteiger partial charge on any atom is -0.496 e. The highest BCUT2D eigenvalue weighted by Crippen LogP contribution is 2.37. The number of methoxy groups -OCH3 is 1. The van der Waals surface area contributed by atoms with Gasteiger partial charge in [-0.3, -0.25) is 4.79 Å². The molecule has 0 unspecified atom stereocenters. The van der Waals surface area contributed by atoms with Crippen molar-refractivity contribution in [3.8, 4) is 5.75 Å². The Morgan fingerprint density at radius 3 is 2.87 bits per heavy atom. The standard InChI is InChI=1S/C11H12ClNO2/c1-6-9(15-2)5-8(12)7-3-4-10(14)13-11(6)7/h5H,3-4H2,1-2H3,(H,13,14). The Bertz CT molecular complexity index is 429. The lowest BCUT2D eigenvalue weighted by atomic mass is 9.99. The molecule has 0 saturated carbocycles. The van der Waals surface area contributed by atoms with E-state index in [1.165, 1.54) is 0 Å². The van der Waals surface area contributed by atoms with Crippen LogP contribution in [-0.4, -0.2) is 13.0 Å². The van der Waals surface area contributed by atoms with Crippen LogP contribution in [0.4, 0.5) is 5.69 Å².